The van der Waals surface area contributed by atoms with Crippen LogP contribution in [0.2, 0.25) is 0 Å². The van der Waals surface area contributed by atoms with E-state index in [-0.39, 0.29) is 0 Å². The Morgan fingerprint density at radius 3 is 2.38 bits per heavy atom. The van der Waals surface area contributed by atoms with E-state index in [1.165, 1.54) is 7.11 Å². The Bertz CT molecular complexity index is 645. The van der Waals surface area contributed by atoms with Crippen molar-refractivity contribution < 1.29 is 29.3 Å². The first kappa shape index (κ1) is 18.1. The second-order valence-electron chi connectivity index (χ2n) is 6.94. The van der Waals surface area contributed by atoms with Gasteiger partial charge in [0.15, 0.2) is 6.10 Å². The lowest BCUT2D eigenvalue weighted by atomic mass is 9.88. The van der Waals surface area contributed by atoms with Crippen molar-refractivity contribution in [1.29, 1.82) is 0 Å². The number of ether oxygens (including phenoxy) is 2. The number of carbonyl (C=O) groups excluding carboxylic acids is 1. The van der Waals surface area contributed by atoms with Crippen molar-refractivity contribution in [2.45, 2.75) is 50.7 Å². The summed E-state index contributed by atoms with van der Waals surface area (Å²) in [7, 11) is 1.49. The summed E-state index contributed by atoms with van der Waals surface area (Å²) in [5.41, 5.74) is -0.630. The van der Waals surface area contributed by atoms with Gasteiger partial charge in [-0.1, -0.05) is 6.07 Å². The highest BCUT2D eigenvalue weighted by Gasteiger charge is 2.54. The Balaban J connectivity index is 2.36. The summed E-state index contributed by atoms with van der Waals surface area (Å²) >= 11 is 0. The molecule has 7 nitrogen and oxygen atoms in total. The van der Waals surface area contributed by atoms with Gasteiger partial charge >= 0.3 is 12.1 Å². The molecule has 0 bridgehead atoms. The molecule has 1 amide bonds. The van der Waals surface area contributed by atoms with E-state index in [2.05, 4.69) is 5.32 Å². The van der Waals surface area contributed by atoms with Gasteiger partial charge in [0, 0.05) is 11.5 Å². The van der Waals surface area contributed by atoms with Crippen molar-refractivity contribution >= 4 is 17.7 Å². The van der Waals surface area contributed by atoms with Crippen molar-refractivity contribution in [3.05, 3.63) is 23.8 Å². The van der Waals surface area contributed by atoms with Crippen molar-refractivity contribution in [3.8, 4) is 5.75 Å². The molecule has 0 saturated heterocycles. The van der Waals surface area contributed by atoms with Crippen LogP contribution in [0.4, 0.5) is 10.5 Å². The predicted molar refractivity (Wildman–Crippen MR) is 87.4 cm³/mol. The van der Waals surface area contributed by atoms with Gasteiger partial charge in [-0.25, -0.2) is 9.59 Å². The van der Waals surface area contributed by atoms with Gasteiger partial charge in [-0.2, -0.15) is 0 Å². The first-order valence-electron chi connectivity index (χ1n) is 7.68. The van der Waals surface area contributed by atoms with Crippen molar-refractivity contribution in [2.24, 2.45) is 0 Å². The number of anilines is 1. The maximum atomic E-state index is 12.1. The molecule has 0 spiro atoms. The molecule has 1 aromatic rings. The van der Waals surface area contributed by atoms with E-state index in [9.17, 15) is 14.7 Å². The van der Waals surface area contributed by atoms with E-state index >= 15 is 0 Å². The summed E-state index contributed by atoms with van der Waals surface area (Å²) in [6.07, 6.45) is -1.14. The second-order valence-corrected chi connectivity index (χ2v) is 6.94. The molecule has 1 aromatic carbocycles. The van der Waals surface area contributed by atoms with Crippen LogP contribution in [0.15, 0.2) is 18.2 Å². The van der Waals surface area contributed by atoms with Crippen LogP contribution in [-0.2, 0) is 14.9 Å². The summed E-state index contributed by atoms with van der Waals surface area (Å²) in [4.78, 5) is 23.3. The number of aliphatic carboxylic acids is 1. The lowest BCUT2D eigenvalue weighted by Crippen LogP contribution is -2.35. The van der Waals surface area contributed by atoms with Crippen LogP contribution in [0.25, 0.3) is 0 Å². The maximum absolute atomic E-state index is 12.1. The molecule has 0 aliphatic heterocycles. The normalized spacial score (nSPS) is 16.9. The Labute approximate surface area is 140 Å². The number of hydrogen-bond donors (Lipinski definition) is 3. The first-order valence-corrected chi connectivity index (χ1v) is 7.68. The third-order valence-corrected chi connectivity index (χ3v) is 3.94. The second kappa shape index (κ2) is 6.32. The van der Waals surface area contributed by atoms with Crippen LogP contribution in [-0.4, -0.2) is 41.1 Å². The van der Waals surface area contributed by atoms with Gasteiger partial charge in [0.2, 0.25) is 0 Å². The Kier molecular flexibility index (Phi) is 4.75. The number of nitrogens with one attached hydrogen (secondary N) is 1. The number of carboxylic acids is 1. The molecule has 1 unspecified atom stereocenters. The third kappa shape index (κ3) is 3.79. The van der Waals surface area contributed by atoms with Crippen LogP contribution in [0.1, 0.15) is 39.2 Å². The van der Waals surface area contributed by atoms with Crippen LogP contribution >= 0.6 is 0 Å². The molecule has 24 heavy (non-hydrogen) atoms. The Morgan fingerprint density at radius 1 is 1.29 bits per heavy atom. The lowest BCUT2D eigenvalue weighted by molar-refractivity contribution is -0.148. The number of methoxy groups -OCH3 is 1. The van der Waals surface area contributed by atoms with Crippen molar-refractivity contribution in [1.82, 2.24) is 0 Å². The monoisotopic (exact) mass is 337 g/mol. The third-order valence-electron chi connectivity index (χ3n) is 3.94. The minimum atomic E-state index is -1.54. The molecule has 132 valence electrons. The van der Waals surface area contributed by atoms with Gasteiger partial charge in [-0.15, -0.1) is 0 Å². The number of carbonyl (C=O) groups is 2. The summed E-state index contributed by atoms with van der Waals surface area (Å²) in [5, 5.41) is 21.9. The molecule has 0 heterocycles. The zero-order valence-corrected chi connectivity index (χ0v) is 14.3. The molecule has 1 atom stereocenters. The van der Waals surface area contributed by atoms with Crippen LogP contribution < -0.4 is 10.1 Å². The number of aliphatic hydroxyl groups excluding tert-OH is 1. The van der Waals surface area contributed by atoms with E-state index in [1.54, 1.807) is 39.0 Å². The minimum Gasteiger partial charge on any atom is -0.497 e. The number of amides is 1. The largest absolute Gasteiger partial charge is 0.497 e. The average Bonchev–Trinajstić information content (AvgIpc) is 3.25. The molecule has 7 heteroatoms. The molecule has 0 radical (unpaired) electrons. The molecular weight excluding hydrogens is 314 g/mol. The standard InChI is InChI=1S/C17H23NO6/c1-16(2,3)24-15(22)18-12-9-10(23-4)5-6-11(12)17(7-8-17)13(19)14(20)21/h5-6,9,13,19H,7-8H2,1-4H3,(H,18,22)(H,20,21). The average molecular weight is 337 g/mol. The van der Waals surface area contributed by atoms with E-state index in [0.29, 0.717) is 29.8 Å². The topological polar surface area (TPSA) is 105 Å². The summed E-state index contributed by atoms with van der Waals surface area (Å²) in [5.74, 6) is -0.781. The van der Waals surface area contributed by atoms with E-state index in [1.807, 2.05) is 0 Å². The Hall–Kier alpha value is -2.28. The number of carboxylic acid groups (broad SMARTS) is 1. The van der Waals surface area contributed by atoms with E-state index < -0.39 is 29.2 Å². The van der Waals surface area contributed by atoms with Gasteiger partial charge in [-0.05, 0) is 45.2 Å². The fourth-order valence-corrected chi connectivity index (χ4v) is 2.66. The van der Waals surface area contributed by atoms with Crippen LogP contribution in [0.3, 0.4) is 0 Å². The van der Waals surface area contributed by atoms with Crippen molar-refractivity contribution in [2.75, 3.05) is 12.4 Å². The SMILES string of the molecule is COc1ccc(C2(C(O)C(=O)O)CC2)c(NC(=O)OC(C)(C)C)c1. The molecule has 1 saturated carbocycles. The number of rotatable bonds is 5. The number of aliphatic hydroxyl groups is 1. The molecule has 1 fully saturated rings. The molecular formula is C17H23NO6. The van der Waals surface area contributed by atoms with Crippen LogP contribution in [0.5, 0.6) is 5.75 Å². The zero-order valence-electron chi connectivity index (χ0n) is 14.3. The number of hydrogen-bond acceptors (Lipinski definition) is 5. The Morgan fingerprint density at radius 2 is 1.92 bits per heavy atom. The fraction of sp³-hybridized carbons (Fsp3) is 0.529. The molecule has 1 aliphatic rings. The predicted octanol–water partition coefficient (Wildman–Crippen LogP) is 2.52. The fourth-order valence-electron chi connectivity index (χ4n) is 2.66. The highest BCUT2D eigenvalue weighted by atomic mass is 16.6. The van der Waals surface area contributed by atoms with Gasteiger partial charge in [0.05, 0.1) is 12.8 Å². The summed E-state index contributed by atoms with van der Waals surface area (Å²) in [6.45, 7) is 5.24. The lowest BCUT2D eigenvalue weighted by Gasteiger charge is -2.24. The van der Waals surface area contributed by atoms with Gasteiger partial charge in [-0.3, -0.25) is 5.32 Å². The van der Waals surface area contributed by atoms with Gasteiger partial charge in [0.25, 0.3) is 0 Å². The number of benzene rings is 1. The smallest absolute Gasteiger partial charge is 0.412 e. The highest BCUT2D eigenvalue weighted by molar-refractivity contribution is 5.87. The van der Waals surface area contributed by atoms with E-state index in [4.69, 9.17) is 14.6 Å². The molecule has 0 aromatic heterocycles. The summed E-state index contributed by atoms with van der Waals surface area (Å²) < 4.78 is 10.4. The maximum Gasteiger partial charge on any atom is 0.412 e. The van der Waals surface area contributed by atoms with E-state index in [0.717, 1.165) is 0 Å². The van der Waals surface area contributed by atoms with Gasteiger partial charge < -0.3 is 19.7 Å². The quantitative estimate of drug-likeness (QED) is 0.762. The first-order chi connectivity index (χ1) is 11.1. The summed E-state index contributed by atoms with van der Waals surface area (Å²) in [6, 6.07) is 4.93. The molecule has 1 aliphatic carbocycles. The minimum absolute atomic E-state index is 0.376. The molecule has 3 N–H and O–H groups in total. The van der Waals surface area contributed by atoms with Gasteiger partial charge in [0.1, 0.15) is 11.4 Å². The molecule has 2 rings (SSSR count). The zero-order chi connectivity index (χ0) is 18.1. The van der Waals surface area contributed by atoms with Crippen LogP contribution in [0, 0.1) is 0 Å². The highest BCUT2D eigenvalue weighted by Crippen LogP contribution is 2.53. The van der Waals surface area contributed by atoms with Crippen molar-refractivity contribution in [3.63, 3.8) is 0 Å².